The van der Waals surface area contributed by atoms with E-state index in [0.717, 1.165) is 11.4 Å². The molecule has 7 nitrogen and oxygen atoms in total. The Labute approximate surface area is 169 Å². The van der Waals surface area contributed by atoms with Crippen molar-refractivity contribution in [1.29, 1.82) is 0 Å². The number of rotatable bonds is 6. The number of benzene rings is 2. The SMILES string of the molecule is COc1ccc(NC(C)=O)cc1NC(=O)c1cc(C(C)C)nn1-c1ccccc1. The molecule has 1 aromatic heterocycles. The van der Waals surface area contributed by atoms with E-state index >= 15 is 0 Å². The monoisotopic (exact) mass is 392 g/mol. The molecule has 0 saturated carbocycles. The number of carbonyl (C=O) groups is 2. The number of amides is 2. The Morgan fingerprint density at radius 1 is 1.03 bits per heavy atom. The van der Waals surface area contributed by atoms with Crippen LogP contribution in [-0.4, -0.2) is 28.7 Å². The second kappa shape index (κ2) is 8.60. The number of carbonyl (C=O) groups excluding carboxylic acids is 2. The van der Waals surface area contributed by atoms with E-state index in [0.29, 0.717) is 22.8 Å². The van der Waals surface area contributed by atoms with Crippen LogP contribution in [0, 0.1) is 0 Å². The third-order valence-electron chi connectivity index (χ3n) is 4.32. The van der Waals surface area contributed by atoms with Gasteiger partial charge in [-0.3, -0.25) is 9.59 Å². The molecule has 2 N–H and O–H groups in total. The zero-order chi connectivity index (χ0) is 21.0. The predicted molar refractivity (Wildman–Crippen MR) is 113 cm³/mol. The van der Waals surface area contributed by atoms with E-state index in [1.54, 1.807) is 28.9 Å². The largest absolute Gasteiger partial charge is 0.495 e. The lowest BCUT2D eigenvalue weighted by Gasteiger charge is -2.13. The lowest BCUT2D eigenvalue weighted by molar-refractivity contribution is -0.114. The molecule has 29 heavy (non-hydrogen) atoms. The van der Waals surface area contributed by atoms with Crippen molar-refractivity contribution in [1.82, 2.24) is 9.78 Å². The van der Waals surface area contributed by atoms with Crippen LogP contribution >= 0.6 is 0 Å². The van der Waals surface area contributed by atoms with Gasteiger partial charge in [-0.2, -0.15) is 5.10 Å². The molecule has 0 atom stereocenters. The van der Waals surface area contributed by atoms with E-state index in [4.69, 9.17) is 4.74 Å². The molecule has 0 radical (unpaired) electrons. The first-order valence-electron chi connectivity index (χ1n) is 9.31. The summed E-state index contributed by atoms with van der Waals surface area (Å²) in [6, 6.07) is 16.3. The predicted octanol–water partition coefficient (Wildman–Crippen LogP) is 4.22. The summed E-state index contributed by atoms with van der Waals surface area (Å²) in [7, 11) is 1.52. The van der Waals surface area contributed by atoms with Crippen LogP contribution in [0.1, 0.15) is 42.9 Å². The van der Waals surface area contributed by atoms with Crippen molar-refractivity contribution in [3.05, 3.63) is 66.0 Å². The number of anilines is 2. The van der Waals surface area contributed by atoms with Crippen molar-refractivity contribution < 1.29 is 14.3 Å². The Morgan fingerprint density at radius 2 is 1.76 bits per heavy atom. The smallest absolute Gasteiger partial charge is 0.274 e. The van der Waals surface area contributed by atoms with Crippen LogP contribution in [0.3, 0.4) is 0 Å². The molecule has 0 unspecified atom stereocenters. The van der Waals surface area contributed by atoms with Crippen molar-refractivity contribution in [3.8, 4) is 11.4 Å². The number of nitrogens with zero attached hydrogens (tertiary/aromatic N) is 2. The van der Waals surface area contributed by atoms with Gasteiger partial charge in [-0.15, -0.1) is 0 Å². The zero-order valence-corrected chi connectivity index (χ0v) is 16.9. The highest BCUT2D eigenvalue weighted by Gasteiger charge is 2.19. The molecule has 3 rings (SSSR count). The van der Waals surface area contributed by atoms with E-state index in [-0.39, 0.29) is 17.7 Å². The third kappa shape index (κ3) is 4.63. The number of ether oxygens (including phenoxy) is 1. The molecule has 3 aromatic rings. The van der Waals surface area contributed by atoms with Crippen molar-refractivity contribution in [2.75, 3.05) is 17.7 Å². The minimum Gasteiger partial charge on any atom is -0.495 e. The quantitative estimate of drug-likeness (QED) is 0.658. The molecule has 0 aliphatic rings. The van der Waals surface area contributed by atoms with Crippen LogP contribution in [0.5, 0.6) is 5.75 Å². The average molecular weight is 392 g/mol. The van der Waals surface area contributed by atoms with Crippen molar-refractivity contribution >= 4 is 23.2 Å². The van der Waals surface area contributed by atoms with E-state index in [1.165, 1.54) is 14.0 Å². The number of nitrogens with one attached hydrogen (secondary N) is 2. The lowest BCUT2D eigenvalue weighted by atomic mass is 10.1. The summed E-state index contributed by atoms with van der Waals surface area (Å²) in [5, 5.41) is 10.2. The highest BCUT2D eigenvalue weighted by Crippen LogP contribution is 2.29. The summed E-state index contributed by atoms with van der Waals surface area (Å²) in [4.78, 5) is 24.5. The first-order valence-corrected chi connectivity index (χ1v) is 9.31. The summed E-state index contributed by atoms with van der Waals surface area (Å²) in [5.74, 6) is 0.133. The highest BCUT2D eigenvalue weighted by molar-refractivity contribution is 6.05. The maximum Gasteiger partial charge on any atom is 0.274 e. The fourth-order valence-corrected chi connectivity index (χ4v) is 2.88. The summed E-state index contributed by atoms with van der Waals surface area (Å²) in [6.07, 6.45) is 0. The van der Waals surface area contributed by atoms with Gasteiger partial charge in [0.1, 0.15) is 11.4 Å². The van der Waals surface area contributed by atoms with E-state index in [1.807, 2.05) is 44.2 Å². The summed E-state index contributed by atoms with van der Waals surface area (Å²) in [5.41, 5.74) is 3.04. The molecule has 0 aliphatic heterocycles. The van der Waals surface area contributed by atoms with Gasteiger partial charge in [-0.1, -0.05) is 32.0 Å². The van der Waals surface area contributed by atoms with Gasteiger partial charge in [0.05, 0.1) is 24.2 Å². The highest BCUT2D eigenvalue weighted by atomic mass is 16.5. The minimum atomic E-state index is -0.327. The number of hydrogen-bond acceptors (Lipinski definition) is 4. The number of methoxy groups -OCH3 is 1. The maximum absolute atomic E-state index is 13.1. The summed E-state index contributed by atoms with van der Waals surface area (Å²) >= 11 is 0. The molecule has 150 valence electrons. The molecule has 2 amide bonds. The lowest BCUT2D eigenvalue weighted by Crippen LogP contribution is -2.17. The molecule has 1 heterocycles. The first-order chi connectivity index (χ1) is 13.9. The minimum absolute atomic E-state index is 0.171. The topological polar surface area (TPSA) is 85.2 Å². The molecular formula is C22H24N4O3. The molecule has 2 aromatic carbocycles. The van der Waals surface area contributed by atoms with Crippen LogP contribution in [0.25, 0.3) is 5.69 Å². The van der Waals surface area contributed by atoms with Crippen LogP contribution in [-0.2, 0) is 4.79 Å². The fraction of sp³-hybridized carbons (Fsp3) is 0.227. The Kier molecular flexibility index (Phi) is 5.97. The fourth-order valence-electron chi connectivity index (χ4n) is 2.88. The van der Waals surface area contributed by atoms with Crippen molar-refractivity contribution in [2.24, 2.45) is 0 Å². The standard InChI is InChI=1S/C22H24N4O3/c1-14(2)18-13-20(26(25-18)17-8-6-5-7-9-17)22(28)24-19-12-16(23-15(3)27)10-11-21(19)29-4/h5-14H,1-4H3,(H,23,27)(H,24,28). The third-order valence-corrected chi connectivity index (χ3v) is 4.32. The van der Waals surface area contributed by atoms with Gasteiger partial charge in [-0.05, 0) is 42.3 Å². The van der Waals surface area contributed by atoms with Crippen molar-refractivity contribution in [2.45, 2.75) is 26.7 Å². The van der Waals surface area contributed by atoms with Gasteiger partial charge in [-0.25, -0.2) is 4.68 Å². The molecule has 0 spiro atoms. The Bertz CT molecular complexity index is 1030. The van der Waals surface area contributed by atoms with Crippen LogP contribution in [0.15, 0.2) is 54.6 Å². The van der Waals surface area contributed by atoms with Gasteiger partial charge < -0.3 is 15.4 Å². The van der Waals surface area contributed by atoms with Gasteiger partial charge in [0.25, 0.3) is 5.91 Å². The number of aromatic nitrogens is 2. The average Bonchev–Trinajstić information content (AvgIpc) is 3.14. The van der Waals surface area contributed by atoms with Crippen LogP contribution in [0.2, 0.25) is 0 Å². The molecular weight excluding hydrogens is 368 g/mol. The van der Waals surface area contributed by atoms with Crippen molar-refractivity contribution in [3.63, 3.8) is 0 Å². The molecule has 0 bridgehead atoms. The van der Waals surface area contributed by atoms with Gasteiger partial charge >= 0.3 is 0 Å². The maximum atomic E-state index is 13.1. The van der Waals surface area contributed by atoms with E-state index in [2.05, 4.69) is 15.7 Å². The molecule has 0 aliphatic carbocycles. The Morgan fingerprint density at radius 3 is 2.38 bits per heavy atom. The van der Waals surface area contributed by atoms with Crippen LogP contribution < -0.4 is 15.4 Å². The zero-order valence-electron chi connectivity index (χ0n) is 16.9. The Balaban J connectivity index is 1.98. The molecule has 0 saturated heterocycles. The van der Waals surface area contributed by atoms with E-state index in [9.17, 15) is 9.59 Å². The second-order valence-corrected chi connectivity index (χ2v) is 6.91. The molecule has 0 fully saturated rings. The first kappa shape index (κ1) is 20.1. The summed E-state index contributed by atoms with van der Waals surface area (Å²) < 4.78 is 6.98. The van der Waals surface area contributed by atoms with Gasteiger partial charge in [0.2, 0.25) is 5.91 Å². The Hall–Kier alpha value is -3.61. The summed E-state index contributed by atoms with van der Waals surface area (Å²) in [6.45, 7) is 5.48. The number of para-hydroxylation sites is 1. The van der Waals surface area contributed by atoms with E-state index < -0.39 is 0 Å². The van der Waals surface area contributed by atoms with Gasteiger partial charge in [0, 0.05) is 12.6 Å². The molecule has 7 heteroatoms. The normalized spacial score (nSPS) is 10.7. The van der Waals surface area contributed by atoms with Gasteiger partial charge in [0.15, 0.2) is 0 Å². The number of hydrogen-bond donors (Lipinski definition) is 2. The van der Waals surface area contributed by atoms with Crippen LogP contribution in [0.4, 0.5) is 11.4 Å². The second-order valence-electron chi connectivity index (χ2n) is 6.91.